The van der Waals surface area contributed by atoms with Crippen LogP contribution in [0.3, 0.4) is 0 Å². The van der Waals surface area contributed by atoms with Gasteiger partial charge in [-0.1, -0.05) is 60.7 Å². The first-order valence-electron chi connectivity index (χ1n) is 10.3. The molecule has 3 heterocycles. The van der Waals surface area contributed by atoms with E-state index < -0.39 is 5.85 Å². The smallest absolute Gasteiger partial charge is 0.314 e. The van der Waals surface area contributed by atoms with Crippen molar-refractivity contribution in [2.45, 2.75) is 18.3 Å². The summed E-state index contributed by atoms with van der Waals surface area (Å²) in [5.41, 5.74) is 3.77. The van der Waals surface area contributed by atoms with Gasteiger partial charge >= 0.3 is 5.85 Å². The quantitative estimate of drug-likeness (QED) is 0.567. The van der Waals surface area contributed by atoms with Crippen molar-refractivity contribution >= 4 is 28.8 Å². The van der Waals surface area contributed by atoms with Crippen molar-refractivity contribution in [3.05, 3.63) is 106 Å². The Bertz CT molecular complexity index is 1280. The maximum Gasteiger partial charge on any atom is 0.314 e. The summed E-state index contributed by atoms with van der Waals surface area (Å²) in [6, 6.07) is 23.9. The van der Waals surface area contributed by atoms with E-state index in [1.807, 2.05) is 65.7 Å². The first kappa shape index (κ1) is 19.1. The zero-order valence-electron chi connectivity index (χ0n) is 16.9. The van der Waals surface area contributed by atoms with Crippen LogP contribution in [0.1, 0.15) is 29.2 Å². The second-order valence-electron chi connectivity index (χ2n) is 7.84. The van der Waals surface area contributed by atoms with Gasteiger partial charge in [0.1, 0.15) is 11.6 Å². The Labute approximate surface area is 188 Å². The van der Waals surface area contributed by atoms with Gasteiger partial charge in [0.05, 0.1) is 16.7 Å². The normalized spacial score (nSPS) is 24.7. The zero-order valence-corrected chi connectivity index (χ0v) is 17.7. The van der Waals surface area contributed by atoms with Crippen molar-refractivity contribution in [2.75, 3.05) is 0 Å². The number of thioether (sulfide) groups is 1. The molecule has 32 heavy (non-hydrogen) atoms. The highest BCUT2D eigenvalue weighted by atomic mass is 32.2. The number of nitrogens with one attached hydrogen (secondary N) is 1. The largest absolute Gasteiger partial charge is 0.444 e. The zero-order chi connectivity index (χ0) is 21.7. The Morgan fingerprint density at radius 2 is 1.81 bits per heavy atom. The van der Waals surface area contributed by atoms with Gasteiger partial charge in [-0.15, -0.1) is 0 Å². The molecule has 0 aromatic heterocycles. The molecule has 1 fully saturated rings. The van der Waals surface area contributed by atoms with Gasteiger partial charge in [0.25, 0.3) is 5.24 Å². The van der Waals surface area contributed by atoms with Gasteiger partial charge in [-0.3, -0.25) is 10.1 Å². The molecule has 3 aliphatic rings. The van der Waals surface area contributed by atoms with Gasteiger partial charge in [0.15, 0.2) is 0 Å². The lowest BCUT2D eigenvalue weighted by Gasteiger charge is -2.45. The van der Waals surface area contributed by atoms with Gasteiger partial charge < -0.3 is 4.74 Å². The third-order valence-corrected chi connectivity index (χ3v) is 6.75. The van der Waals surface area contributed by atoms with Gasteiger partial charge in [0, 0.05) is 12.0 Å². The van der Waals surface area contributed by atoms with Crippen LogP contribution in [0.5, 0.6) is 5.75 Å². The number of para-hydroxylation sites is 1. The molecule has 1 saturated heterocycles. The maximum absolute atomic E-state index is 13.4. The molecule has 6 rings (SSSR count). The Morgan fingerprint density at radius 1 is 1.06 bits per heavy atom. The van der Waals surface area contributed by atoms with Crippen molar-refractivity contribution in [1.29, 1.82) is 0 Å². The molecule has 1 amide bonds. The second kappa shape index (κ2) is 7.24. The van der Waals surface area contributed by atoms with E-state index in [0.29, 0.717) is 17.1 Å². The number of rotatable bonds is 2. The van der Waals surface area contributed by atoms with E-state index in [-0.39, 0.29) is 17.1 Å². The predicted octanol–water partition coefficient (Wildman–Crippen LogP) is 5.52. The maximum atomic E-state index is 13.4. The third kappa shape index (κ3) is 3.00. The lowest BCUT2D eigenvalue weighted by atomic mass is 9.95. The van der Waals surface area contributed by atoms with Gasteiger partial charge in [-0.05, 0) is 47.2 Å². The van der Waals surface area contributed by atoms with Gasteiger partial charge in [-0.25, -0.2) is 9.40 Å². The molecule has 7 heteroatoms. The number of hydrogen-bond acceptors (Lipinski definition) is 5. The molecular weight excluding hydrogens is 425 g/mol. The Kier molecular flexibility index (Phi) is 4.33. The molecule has 1 N–H and O–H groups in total. The molecule has 0 unspecified atom stereocenters. The van der Waals surface area contributed by atoms with E-state index in [1.165, 1.54) is 12.1 Å². The third-order valence-electron chi connectivity index (χ3n) is 5.85. The molecule has 2 atom stereocenters. The van der Waals surface area contributed by atoms with Crippen molar-refractivity contribution in [3.8, 4) is 5.75 Å². The van der Waals surface area contributed by atoms with Crippen LogP contribution in [-0.4, -0.2) is 21.8 Å². The monoisotopic (exact) mass is 443 g/mol. The van der Waals surface area contributed by atoms with Crippen LogP contribution >= 0.6 is 11.8 Å². The number of benzene rings is 3. The first-order valence-corrected chi connectivity index (χ1v) is 11.1. The molecule has 0 aliphatic carbocycles. The van der Waals surface area contributed by atoms with Crippen molar-refractivity contribution in [3.63, 3.8) is 0 Å². The molecular formula is C25H18FN3O2S. The summed E-state index contributed by atoms with van der Waals surface area (Å²) in [7, 11) is 0. The van der Waals surface area contributed by atoms with Gasteiger partial charge in [0.2, 0.25) is 0 Å². The minimum Gasteiger partial charge on any atom is -0.444 e. The summed E-state index contributed by atoms with van der Waals surface area (Å²) in [5.74, 6) is -0.855. The van der Waals surface area contributed by atoms with Crippen molar-refractivity contribution in [2.24, 2.45) is 5.10 Å². The number of carbonyl (C=O) groups excluding carboxylic acids is 1. The molecule has 0 saturated carbocycles. The number of fused-ring (bicyclic) bond motifs is 4. The predicted molar refractivity (Wildman–Crippen MR) is 122 cm³/mol. The SMILES string of the molecule is O=C1N[C@@]2(Oc3ccccc3[C@H]3CC(c4ccccc4)=NN32)/C(=C/c2ccc(F)cc2)S1. The van der Waals surface area contributed by atoms with Crippen LogP contribution in [-0.2, 0) is 0 Å². The summed E-state index contributed by atoms with van der Waals surface area (Å²) in [6.45, 7) is 0. The van der Waals surface area contributed by atoms with E-state index in [4.69, 9.17) is 9.84 Å². The number of carbonyl (C=O) groups is 1. The fraction of sp³-hybridized carbons (Fsp3) is 0.120. The number of amides is 1. The lowest BCUT2D eigenvalue weighted by Crippen LogP contribution is -2.61. The van der Waals surface area contributed by atoms with E-state index >= 15 is 0 Å². The molecule has 5 nitrogen and oxygen atoms in total. The van der Waals surface area contributed by atoms with Crippen LogP contribution in [0.25, 0.3) is 6.08 Å². The van der Waals surface area contributed by atoms with E-state index in [1.54, 1.807) is 12.1 Å². The highest BCUT2D eigenvalue weighted by Crippen LogP contribution is 2.52. The summed E-state index contributed by atoms with van der Waals surface area (Å²) in [5, 5.41) is 9.61. The van der Waals surface area contributed by atoms with E-state index in [9.17, 15) is 9.18 Å². The number of ether oxygens (including phenoxy) is 1. The highest BCUT2D eigenvalue weighted by Gasteiger charge is 2.58. The summed E-state index contributed by atoms with van der Waals surface area (Å²) in [4.78, 5) is 13.3. The lowest BCUT2D eigenvalue weighted by molar-refractivity contribution is -0.0949. The molecule has 1 spiro atoms. The molecule has 158 valence electrons. The fourth-order valence-corrected chi connectivity index (χ4v) is 5.29. The van der Waals surface area contributed by atoms with Crippen LogP contribution in [0.4, 0.5) is 9.18 Å². The van der Waals surface area contributed by atoms with Gasteiger partial charge in [-0.2, -0.15) is 5.10 Å². The van der Waals surface area contributed by atoms with Crippen molar-refractivity contribution < 1.29 is 13.9 Å². The summed E-state index contributed by atoms with van der Waals surface area (Å²) < 4.78 is 19.9. The van der Waals surface area contributed by atoms with Crippen LogP contribution in [0, 0.1) is 5.82 Å². The summed E-state index contributed by atoms with van der Waals surface area (Å²) >= 11 is 1.07. The second-order valence-corrected chi connectivity index (χ2v) is 8.85. The van der Waals surface area contributed by atoms with E-state index in [0.717, 1.165) is 34.2 Å². The minimum atomic E-state index is -1.26. The molecule has 3 aromatic carbocycles. The van der Waals surface area contributed by atoms with Crippen molar-refractivity contribution in [1.82, 2.24) is 10.3 Å². The first-order chi connectivity index (χ1) is 15.6. The topological polar surface area (TPSA) is 53.9 Å². The molecule has 0 radical (unpaired) electrons. The van der Waals surface area contributed by atoms with Crippen LogP contribution < -0.4 is 10.1 Å². The number of halogens is 1. The number of hydrogen-bond donors (Lipinski definition) is 1. The van der Waals surface area contributed by atoms with Crippen LogP contribution in [0.15, 0.2) is 88.9 Å². The molecule has 3 aromatic rings. The Balaban J connectivity index is 1.51. The average molecular weight is 444 g/mol. The minimum absolute atomic E-state index is 0.0919. The number of hydrazone groups is 1. The highest BCUT2D eigenvalue weighted by molar-refractivity contribution is 8.17. The standard InChI is InChI=1S/C25H18FN3O2S/c26-18-12-10-16(11-13-18)14-23-25(27-24(30)32-23)29-21(19-8-4-5-9-22(19)31-25)15-20(28-29)17-6-2-1-3-7-17/h1-14,21H,15H2,(H,27,30)/b23-14-/t21-,25+/m1/s1. The summed E-state index contributed by atoms with van der Waals surface area (Å²) in [6.07, 6.45) is 2.54. The number of nitrogens with zero attached hydrogens (tertiary/aromatic N) is 2. The fourth-order valence-electron chi connectivity index (χ4n) is 4.38. The average Bonchev–Trinajstić information content (AvgIpc) is 3.39. The Hall–Kier alpha value is -3.58. The molecule has 3 aliphatic heterocycles. The van der Waals surface area contributed by atoms with Crippen LogP contribution in [0.2, 0.25) is 0 Å². The Morgan fingerprint density at radius 3 is 2.62 bits per heavy atom. The molecule has 0 bridgehead atoms. The van der Waals surface area contributed by atoms with E-state index in [2.05, 4.69) is 5.32 Å².